The first-order valence-electron chi connectivity index (χ1n) is 8.63. The number of carbonyl (C=O) groups excluding carboxylic acids is 1. The zero-order valence-electron chi connectivity index (χ0n) is 15.0. The number of hydrogen-bond donors (Lipinski definition) is 2. The molecule has 1 atom stereocenters. The minimum atomic E-state index is -1.64. The molecular weight excluding hydrogens is 407 g/mol. The molecule has 1 aliphatic rings. The Morgan fingerprint density at radius 3 is 2.37 bits per heavy atom. The summed E-state index contributed by atoms with van der Waals surface area (Å²) in [6, 6.07) is 3.22. The number of rotatable bonds is 3. The number of nitrogens with zero attached hydrogens (tertiary/aromatic N) is 3. The van der Waals surface area contributed by atoms with Gasteiger partial charge in [0, 0.05) is 31.3 Å². The van der Waals surface area contributed by atoms with E-state index in [9.17, 15) is 37.8 Å². The lowest BCUT2D eigenvalue weighted by Crippen LogP contribution is -2.30. The predicted molar refractivity (Wildman–Crippen MR) is 97.2 cm³/mol. The molecule has 1 aliphatic heterocycles. The summed E-state index contributed by atoms with van der Waals surface area (Å²) in [5, 5.41) is 18.7. The lowest BCUT2D eigenvalue weighted by atomic mass is 10.1. The highest BCUT2D eigenvalue weighted by molar-refractivity contribution is 5.99. The second-order valence-corrected chi connectivity index (χ2v) is 6.60. The molecular formula is C19H12F3N3O5. The molecule has 0 aliphatic carbocycles. The van der Waals surface area contributed by atoms with Crippen LogP contribution in [0.5, 0.6) is 0 Å². The number of benzene rings is 1. The summed E-state index contributed by atoms with van der Waals surface area (Å²) in [6.45, 7) is 0.120. The van der Waals surface area contributed by atoms with Crippen molar-refractivity contribution in [3.8, 4) is 5.69 Å². The average molecular weight is 419 g/mol. The van der Waals surface area contributed by atoms with Crippen LogP contribution in [-0.2, 0) is 4.79 Å². The number of aromatic nitrogens is 2. The Morgan fingerprint density at radius 1 is 1.13 bits per heavy atom. The van der Waals surface area contributed by atoms with Crippen molar-refractivity contribution < 1.29 is 33.0 Å². The molecule has 11 heteroatoms. The summed E-state index contributed by atoms with van der Waals surface area (Å²) in [5.74, 6) is -6.19. The normalized spacial score (nSPS) is 16.5. The Balaban J connectivity index is 2.06. The number of pyridine rings is 2. The van der Waals surface area contributed by atoms with Gasteiger partial charge in [-0.05, 0) is 12.1 Å². The van der Waals surface area contributed by atoms with Crippen LogP contribution in [0.1, 0.15) is 16.8 Å². The summed E-state index contributed by atoms with van der Waals surface area (Å²) in [7, 11) is 0. The van der Waals surface area contributed by atoms with Gasteiger partial charge in [-0.25, -0.2) is 22.9 Å². The number of aromatic carboxylic acids is 1. The third-order valence-electron chi connectivity index (χ3n) is 4.74. The first-order valence-corrected chi connectivity index (χ1v) is 8.63. The molecule has 1 aromatic carbocycles. The molecule has 2 N–H and O–H groups in total. The van der Waals surface area contributed by atoms with E-state index in [-0.39, 0.29) is 29.8 Å². The third kappa shape index (κ3) is 2.99. The minimum Gasteiger partial charge on any atom is -0.477 e. The van der Waals surface area contributed by atoms with Crippen molar-refractivity contribution in [3.05, 3.63) is 63.7 Å². The standard InChI is InChI=1S/C19H12F3N3O5/c20-8-5-11(21)15(12(22)6-8)25-7-10(19(29)30)16(27)9-1-2-14(23-17(9)25)24-4-3-13(26)18(24)28/h1-2,5-7,13,26H,3-4H2,(H,29,30). The number of fused-ring (bicyclic) bond motifs is 1. The number of carbonyl (C=O) groups is 2. The van der Waals surface area contributed by atoms with Crippen LogP contribution in [0.3, 0.4) is 0 Å². The summed E-state index contributed by atoms with van der Waals surface area (Å²) in [6.07, 6.45) is -0.403. The zero-order valence-corrected chi connectivity index (χ0v) is 15.0. The third-order valence-corrected chi connectivity index (χ3v) is 4.74. The number of aliphatic hydroxyl groups excluding tert-OH is 1. The molecule has 4 rings (SSSR count). The summed E-state index contributed by atoms with van der Waals surface area (Å²) in [4.78, 5) is 41.3. The van der Waals surface area contributed by atoms with E-state index < -0.39 is 52.1 Å². The second-order valence-electron chi connectivity index (χ2n) is 6.60. The second kappa shape index (κ2) is 6.95. The summed E-state index contributed by atoms with van der Waals surface area (Å²) >= 11 is 0. The molecule has 0 radical (unpaired) electrons. The Labute approximate surface area is 165 Å². The van der Waals surface area contributed by atoms with Gasteiger partial charge in [0.05, 0.1) is 5.39 Å². The lowest BCUT2D eigenvalue weighted by molar-refractivity contribution is -0.124. The number of amides is 1. The van der Waals surface area contributed by atoms with Crippen molar-refractivity contribution >= 4 is 28.7 Å². The van der Waals surface area contributed by atoms with E-state index in [1.165, 1.54) is 12.1 Å². The van der Waals surface area contributed by atoms with Crippen molar-refractivity contribution in [2.45, 2.75) is 12.5 Å². The number of hydrogen-bond acceptors (Lipinski definition) is 5. The molecule has 0 spiro atoms. The van der Waals surface area contributed by atoms with Crippen LogP contribution < -0.4 is 10.3 Å². The molecule has 1 saturated heterocycles. The van der Waals surface area contributed by atoms with E-state index in [1.807, 2.05) is 0 Å². The van der Waals surface area contributed by atoms with Gasteiger partial charge in [-0.3, -0.25) is 19.1 Å². The number of aliphatic hydroxyl groups is 1. The predicted octanol–water partition coefficient (Wildman–Crippen LogP) is 1.60. The van der Waals surface area contributed by atoms with Crippen molar-refractivity contribution in [2.75, 3.05) is 11.4 Å². The molecule has 0 bridgehead atoms. The van der Waals surface area contributed by atoms with Gasteiger partial charge in [-0.1, -0.05) is 0 Å². The molecule has 3 heterocycles. The Bertz CT molecular complexity index is 1270. The van der Waals surface area contributed by atoms with Gasteiger partial charge < -0.3 is 10.2 Å². The van der Waals surface area contributed by atoms with Gasteiger partial charge in [-0.15, -0.1) is 0 Å². The molecule has 8 nitrogen and oxygen atoms in total. The van der Waals surface area contributed by atoms with Crippen molar-refractivity contribution in [1.82, 2.24) is 9.55 Å². The molecule has 154 valence electrons. The number of halogens is 3. The van der Waals surface area contributed by atoms with Crippen LogP contribution >= 0.6 is 0 Å². The van der Waals surface area contributed by atoms with Gasteiger partial charge in [-0.2, -0.15) is 0 Å². The number of carboxylic acid groups (broad SMARTS) is 1. The van der Waals surface area contributed by atoms with Crippen molar-refractivity contribution in [2.24, 2.45) is 0 Å². The summed E-state index contributed by atoms with van der Waals surface area (Å²) in [5.41, 5.74) is -2.93. The Kier molecular flexibility index (Phi) is 4.54. The molecule has 0 saturated carbocycles. The van der Waals surface area contributed by atoms with Gasteiger partial charge in [0.15, 0.2) is 17.3 Å². The van der Waals surface area contributed by atoms with Crippen LogP contribution in [0.2, 0.25) is 0 Å². The van der Waals surface area contributed by atoms with Gasteiger partial charge in [0.25, 0.3) is 5.91 Å². The Morgan fingerprint density at radius 2 is 1.80 bits per heavy atom. The van der Waals surface area contributed by atoms with Crippen LogP contribution in [0.15, 0.2) is 35.3 Å². The average Bonchev–Trinajstić information content (AvgIpc) is 3.01. The van der Waals surface area contributed by atoms with E-state index >= 15 is 0 Å². The molecule has 1 amide bonds. The van der Waals surface area contributed by atoms with Crippen LogP contribution in [-0.4, -0.2) is 44.3 Å². The highest BCUT2D eigenvalue weighted by Crippen LogP contribution is 2.26. The van der Waals surface area contributed by atoms with Gasteiger partial charge in [0.1, 0.15) is 29.0 Å². The highest BCUT2D eigenvalue weighted by Gasteiger charge is 2.32. The summed E-state index contributed by atoms with van der Waals surface area (Å²) < 4.78 is 42.9. The van der Waals surface area contributed by atoms with Crippen molar-refractivity contribution in [3.63, 3.8) is 0 Å². The SMILES string of the molecule is O=C(O)c1cn(-c2c(F)cc(F)cc2F)c2nc(N3CCC(O)C3=O)ccc2c1=O. The first-order chi connectivity index (χ1) is 14.2. The molecule has 2 aromatic heterocycles. The maximum atomic E-state index is 14.4. The van der Waals surface area contributed by atoms with Crippen LogP contribution in [0, 0.1) is 17.5 Å². The van der Waals surface area contributed by atoms with E-state index in [1.54, 1.807) is 0 Å². The topological polar surface area (TPSA) is 113 Å². The van der Waals surface area contributed by atoms with E-state index in [0.717, 1.165) is 4.90 Å². The first kappa shape index (κ1) is 19.6. The monoisotopic (exact) mass is 419 g/mol. The number of carboxylic acids is 1. The van der Waals surface area contributed by atoms with Crippen LogP contribution in [0.25, 0.3) is 16.7 Å². The fourth-order valence-corrected chi connectivity index (χ4v) is 3.32. The molecule has 1 fully saturated rings. The lowest BCUT2D eigenvalue weighted by Gasteiger charge is -2.18. The zero-order chi connectivity index (χ0) is 21.7. The Hall–Kier alpha value is -3.73. The fraction of sp³-hybridized carbons (Fsp3) is 0.158. The largest absolute Gasteiger partial charge is 0.477 e. The quantitative estimate of drug-likeness (QED) is 0.667. The minimum absolute atomic E-state index is 0.0109. The van der Waals surface area contributed by atoms with E-state index in [0.29, 0.717) is 22.9 Å². The highest BCUT2D eigenvalue weighted by atomic mass is 19.1. The van der Waals surface area contributed by atoms with Gasteiger partial charge in [0.2, 0.25) is 5.43 Å². The maximum Gasteiger partial charge on any atom is 0.341 e. The van der Waals surface area contributed by atoms with Gasteiger partial charge >= 0.3 is 5.97 Å². The van der Waals surface area contributed by atoms with Crippen molar-refractivity contribution in [1.29, 1.82) is 0 Å². The van der Waals surface area contributed by atoms with E-state index in [2.05, 4.69) is 4.98 Å². The molecule has 1 unspecified atom stereocenters. The molecule has 3 aromatic rings. The molecule has 30 heavy (non-hydrogen) atoms. The fourth-order valence-electron chi connectivity index (χ4n) is 3.32. The number of anilines is 1. The maximum absolute atomic E-state index is 14.4. The van der Waals surface area contributed by atoms with E-state index in [4.69, 9.17) is 0 Å². The van der Waals surface area contributed by atoms with Crippen LogP contribution in [0.4, 0.5) is 19.0 Å². The smallest absolute Gasteiger partial charge is 0.341 e.